The molecule has 0 amide bonds. The molecule has 0 aliphatic rings. The summed E-state index contributed by atoms with van der Waals surface area (Å²) in [5, 5.41) is 15.3. The van der Waals surface area contributed by atoms with Crippen molar-refractivity contribution in [1.29, 1.82) is 0 Å². The second-order valence-electron chi connectivity index (χ2n) is 3.03. The Balaban J connectivity index is 2.76. The van der Waals surface area contributed by atoms with Crippen molar-refractivity contribution in [3.63, 3.8) is 0 Å². The van der Waals surface area contributed by atoms with E-state index in [2.05, 4.69) is 15.2 Å². The first kappa shape index (κ1) is 11.6. The molecule has 15 heavy (non-hydrogen) atoms. The summed E-state index contributed by atoms with van der Waals surface area (Å²) >= 11 is 0. The van der Waals surface area contributed by atoms with Crippen molar-refractivity contribution < 1.29 is 14.6 Å². The van der Waals surface area contributed by atoms with E-state index >= 15 is 0 Å². The molecule has 1 aromatic heterocycles. The molecule has 2 unspecified atom stereocenters. The van der Waals surface area contributed by atoms with Crippen molar-refractivity contribution in [3.05, 3.63) is 11.6 Å². The number of hydrogen-bond acceptors (Lipinski definition) is 6. The highest BCUT2D eigenvalue weighted by Crippen LogP contribution is 2.08. The number of carbonyl (C=O) groups is 1. The third-order valence-electron chi connectivity index (χ3n) is 1.80. The van der Waals surface area contributed by atoms with Gasteiger partial charge in [-0.25, -0.2) is 9.78 Å². The molecule has 0 saturated heterocycles. The van der Waals surface area contributed by atoms with Crippen molar-refractivity contribution in [2.24, 2.45) is 5.73 Å². The normalized spacial score (nSPS) is 14.7. The van der Waals surface area contributed by atoms with Gasteiger partial charge < -0.3 is 15.6 Å². The molecule has 4 N–H and O–H groups in total. The van der Waals surface area contributed by atoms with Crippen LogP contribution in [0.4, 0.5) is 0 Å². The smallest absolute Gasteiger partial charge is 0.378 e. The van der Waals surface area contributed by atoms with Crippen LogP contribution in [0.3, 0.4) is 0 Å². The average molecular weight is 214 g/mol. The first-order valence-corrected chi connectivity index (χ1v) is 4.59. The van der Waals surface area contributed by atoms with Gasteiger partial charge in [-0.15, -0.1) is 5.10 Å². The second kappa shape index (κ2) is 4.85. The Hall–Kier alpha value is -1.47. The van der Waals surface area contributed by atoms with Crippen molar-refractivity contribution in [2.45, 2.75) is 26.0 Å². The van der Waals surface area contributed by atoms with Gasteiger partial charge in [-0.2, -0.15) is 0 Å². The fourth-order valence-electron chi connectivity index (χ4n) is 0.939. The van der Waals surface area contributed by atoms with E-state index < -0.39 is 18.1 Å². The van der Waals surface area contributed by atoms with Crippen LogP contribution in [0.1, 0.15) is 36.3 Å². The molecule has 0 spiro atoms. The zero-order valence-corrected chi connectivity index (χ0v) is 8.60. The minimum atomic E-state index is -0.770. The van der Waals surface area contributed by atoms with Gasteiger partial charge >= 0.3 is 5.97 Å². The number of ether oxygens (including phenoxy) is 1. The lowest BCUT2D eigenvalue weighted by molar-refractivity contribution is 0.0512. The summed E-state index contributed by atoms with van der Waals surface area (Å²) in [7, 11) is 0. The number of aromatic amines is 1. The Kier molecular flexibility index (Phi) is 3.75. The number of carbonyl (C=O) groups excluding carboxylic acids is 1. The van der Waals surface area contributed by atoms with Gasteiger partial charge in [-0.3, -0.25) is 5.10 Å². The standard InChI is InChI=1S/C8H14N4O3/c1-3-15-8(14)7-10-6(11-12-7)5(9)4(2)13/h4-5,13H,3,9H2,1-2H3,(H,10,11,12). The van der Waals surface area contributed by atoms with Crippen LogP contribution in [0.25, 0.3) is 0 Å². The Morgan fingerprint density at radius 3 is 2.93 bits per heavy atom. The lowest BCUT2D eigenvalue weighted by atomic mass is 10.2. The first-order valence-electron chi connectivity index (χ1n) is 4.59. The van der Waals surface area contributed by atoms with Gasteiger partial charge in [0.2, 0.25) is 0 Å². The van der Waals surface area contributed by atoms with E-state index in [-0.39, 0.29) is 18.3 Å². The molecule has 1 heterocycles. The topological polar surface area (TPSA) is 114 Å². The molecule has 84 valence electrons. The van der Waals surface area contributed by atoms with Crippen LogP contribution in [0, 0.1) is 0 Å². The summed E-state index contributed by atoms with van der Waals surface area (Å²) in [4.78, 5) is 15.0. The van der Waals surface area contributed by atoms with E-state index in [1.807, 2.05) is 0 Å². The molecule has 1 rings (SSSR count). The molecule has 1 aromatic rings. The number of esters is 1. The lowest BCUT2D eigenvalue weighted by Gasteiger charge is -2.09. The molecule has 0 saturated carbocycles. The summed E-state index contributed by atoms with van der Waals surface area (Å²) < 4.78 is 4.69. The number of nitrogens with one attached hydrogen (secondary N) is 1. The molecular formula is C8H14N4O3. The predicted molar refractivity (Wildman–Crippen MR) is 50.9 cm³/mol. The number of aliphatic hydroxyl groups is 1. The van der Waals surface area contributed by atoms with Crippen molar-refractivity contribution >= 4 is 5.97 Å². The molecule has 7 heteroatoms. The van der Waals surface area contributed by atoms with Crippen molar-refractivity contribution in [3.8, 4) is 0 Å². The third-order valence-corrected chi connectivity index (χ3v) is 1.80. The fraction of sp³-hybridized carbons (Fsp3) is 0.625. The van der Waals surface area contributed by atoms with Crippen LogP contribution in [0.5, 0.6) is 0 Å². The number of hydrogen-bond donors (Lipinski definition) is 3. The quantitative estimate of drug-likeness (QED) is 0.574. The molecule has 0 aliphatic carbocycles. The lowest BCUT2D eigenvalue weighted by Crippen LogP contribution is -2.24. The number of rotatable bonds is 4. The van der Waals surface area contributed by atoms with Crippen LogP contribution in [-0.2, 0) is 4.74 Å². The maximum atomic E-state index is 11.2. The maximum Gasteiger partial charge on any atom is 0.378 e. The number of nitrogens with zero attached hydrogens (tertiary/aromatic N) is 2. The van der Waals surface area contributed by atoms with Gasteiger partial charge in [0.25, 0.3) is 5.82 Å². The number of aliphatic hydroxyl groups excluding tert-OH is 1. The van der Waals surface area contributed by atoms with Crippen molar-refractivity contribution in [2.75, 3.05) is 6.61 Å². The highest BCUT2D eigenvalue weighted by molar-refractivity contribution is 5.84. The van der Waals surface area contributed by atoms with E-state index in [0.29, 0.717) is 0 Å². The molecule has 0 aliphatic heterocycles. The van der Waals surface area contributed by atoms with Gasteiger partial charge in [0.05, 0.1) is 18.8 Å². The van der Waals surface area contributed by atoms with Gasteiger partial charge in [0.1, 0.15) is 5.82 Å². The Labute approximate surface area is 86.6 Å². The molecule has 7 nitrogen and oxygen atoms in total. The maximum absolute atomic E-state index is 11.2. The molecule has 0 bridgehead atoms. The van der Waals surface area contributed by atoms with E-state index in [4.69, 9.17) is 10.5 Å². The number of H-pyrrole nitrogens is 1. The minimum Gasteiger partial charge on any atom is -0.460 e. The summed E-state index contributed by atoms with van der Waals surface area (Å²) in [5.74, 6) is -0.436. The summed E-state index contributed by atoms with van der Waals surface area (Å²) in [6.45, 7) is 3.47. The Morgan fingerprint density at radius 2 is 2.40 bits per heavy atom. The minimum absolute atomic E-state index is 0.0806. The molecule has 0 radical (unpaired) electrons. The van der Waals surface area contributed by atoms with Gasteiger partial charge in [0.15, 0.2) is 0 Å². The van der Waals surface area contributed by atoms with E-state index in [1.54, 1.807) is 6.92 Å². The highest BCUT2D eigenvalue weighted by atomic mass is 16.5. The second-order valence-corrected chi connectivity index (χ2v) is 3.03. The Morgan fingerprint density at radius 1 is 1.73 bits per heavy atom. The molecule has 2 atom stereocenters. The summed E-state index contributed by atoms with van der Waals surface area (Å²) in [6, 6.07) is -0.694. The van der Waals surface area contributed by atoms with Crippen LogP contribution in [0.15, 0.2) is 0 Å². The zero-order chi connectivity index (χ0) is 11.4. The monoisotopic (exact) mass is 214 g/mol. The largest absolute Gasteiger partial charge is 0.460 e. The zero-order valence-electron chi connectivity index (χ0n) is 8.60. The highest BCUT2D eigenvalue weighted by Gasteiger charge is 2.19. The Bertz CT molecular complexity index is 336. The molecule has 0 aromatic carbocycles. The summed E-state index contributed by atoms with van der Waals surface area (Å²) in [5.41, 5.74) is 5.59. The third kappa shape index (κ3) is 2.74. The van der Waals surface area contributed by atoms with Gasteiger partial charge in [0, 0.05) is 0 Å². The average Bonchev–Trinajstić information content (AvgIpc) is 2.65. The van der Waals surface area contributed by atoms with Crippen LogP contribution in [-0.4, -0.2) is 39.0 Å². The van der Waals surface area contributed by atoms with E-state index in [9.17, 15) is 9.90 Å². The molecule has 0 fully saturated rings. The van der Waals surface area contributed by atoms with Gasteiger partial charge in [-0.05, 0) is 13.8 Å². The number of nitrogens with two attached hydrogens (primary N) is 1. The number of aromatic nitrogens is 3. The van der Waals surface area contributed by atoms with Crippen LogP contribution < -0.4 is 5.73 Å². The summed E-state index contributed by atoms with van der Waals surface area (Å²) in [6.07, 6.45) is -0.770. The SMILES string of the molecule is CCOC(=O)c1n[nH]c(C(N)C(C)O)n1. The van der Waals surface area contributed by atoms with Crippen molar-refractivity contribution in [1.82, 2.24) is 15.2 Å². The predicted octanol–water partition coefficient (Wildman–Crippen LogP) is -0.638. The first-order chi connectivity index (χ1) is 7.06. The fourth-order valence-corrected chi connectivity index (χ4v) is 0.939. The van der Waals surface area contributed by atoms with E-state index in [0.717, 1.165) is 0 Å². The van der Waals surface area contributed by atoms with Gasteiger partial charge in [-0.1, -0.05) is 0 Å². The molecular weight excluding hydrogens is 200 g/mol. The van der Waals surface area contributed by atoms with E-state index in [1.165, 1.54) is 6.92 Å². The van der Waals surface area contributed by atoms with Crippen LogP contribution >= 0.6 is 0 Å². The van der Waals surface area contributed by atoms with Crippen LogP contribution in [0.2, 0.25) is 0 Å².